The van der Waals surface area contributed by atoms with E-state index in [-0.39, 0.29) is 23.1 Å². The first-order valence-corrected chi connectivity index (χ1v) is 9.37. The van der Waals surface area contributed by atoms with E-state index in [9.17, 15) is 14.4 Å². The number of ether oxygens (including phenoxy) is 3. The number of methoxy groups -OCH3 is 1. The van der Waals surface area contributed by atoms with Crippen LogP contribution in [-0.2, 0) is 25.4 Å². The maximum Gasteiger partial charge on any atom is 0.340 e. The summed E-state index contributed by atoms with van der Waals surface area (Å²) in [5.41, 5.74) is 5.64. The third kappa shape index (κ3) is 6.81. The maximum absolute atomic E-state index is 12.9. The molecule has 0 spiro atoms. The molecule has 162 valence electrons. The normalized spacial score (nSPS) is 12.9. The lowest BCUT2D eigenvalue weighted by molar-refractivity contribution is -0.142. The summed E-state index contributed by atoms with van der Waals surface area (Å²) < 4.78 is 15.7. The number of carbonyl (C=O) groups is 3. The van der Waals surface area contributed by atoms with Gasteiger partial charge in [-0.05, 0) is 61.0 Å². The van der Waals surface area contributed by atoms with Crippen LogP contribution in [0.25, 0.3) is 0 Å². The Morgan fingerprint density at radius 3 is 1.59 bits per heavy atom. The summed E-state index contributed by atoms with van der Waals surface area (Å²) in [6.45, 7) is 13.7. The van der Waals surface area contributed by atoms with Gasteiger partial charge in [-0.2, -0.15) is 0 Å². The minimum absolute atomic E-state index is 0.103. The highest BCUT2D eigenvalue weighted by Gasteiger charge is 2.32. The number of aromatic nitrogens is 1. The standard InChI is InChI=1S/C21H32N2O6/c1-11-15(18(25)28-20(3,4)5)13(10-14(22)17(24)27-9)16(12(2)23-11)19(26)29-21(6,7)8/h14H,10,22H2,1-9H3/t14-/m0/s1. The second kappa shape index (κ2) is 8.90. The SMILES string of the molecule is COC(=O)[C@@H](N)Cc1c(C(=O)OC(C)(C)C)c(C)nc(C)c1C(=O)OC(C)(C)C. The fourth-order valence-corrected chi connectivity index (χ4v) is 2.78. The molecule has 1 heterocycles. The van der Waals surface area contributed by atoms with Gasteiger partial charge in [0.2, 0.25) is 0 Å². The Labute approximate surface area is 172 Å². The summed E-state index contributed by atoms with van der Waals surface area (Å²) in [4.78, 5) is 42.1. The Kier molecular flexibility index (Phi) is 7.54. The molecule has 0 radical (unpaired) electrons. The smallest absolute Gasteiger partial charge is 0.340 e. The van der Waals surface area contributed by atoms with Crippen LogP contribution in [0.2, 0.25) is 0 Å². The van der Waals surface area contributed by atoms with E-state index >= 15 is 0 Å². The van der Waals surface area contributed by atoms with Crippen LogP contribution in [0.15, 0.2) is 0 Å². The number of aryl methyl sites for hydroxylation is 2. The van der Waals surface area contributed by atoms with Crippen molar-refractivity contribution in [2.24, 2.45) is 5.73 Å². The van der Waals surface area contributed by atoms with Gasteiger partial charge in [-0.25, -0.2) is 9.59 Å². The first-order chi connectivity index (χ1) is 13.1. The Hall–Kier alpha value is -2.48. The lowest BCUT2D eigenvalue weighted by Gasteiger charge is -2.25. The molecule has 0 saturated carbocycles. The van der Waals surface area contributed by atoms with E-state index in [0.717, 1.165) is 0 Å². The lowest BCUT2D eigenvalue weighted by atomic mass is 9.93. The molecule has 0 amide bonds. The van der Waals surface area contributed by atoms with E-state index in [0.29, 0.717) is 11.4 Å². The number of rotatable bonds is 5. The molecule has 0 aliphatic carbocycles. The van der Waals surface area contributed by atoms with E-state index in [4.69, 9.17) is 19.9 Å². The molecule has 0 aromatic carbocycles. The van der Waals surface area contributed by atoms with Crippen LogP contribution in [0.5, 0.6) is 0 Å². The highest BCUT2D eigenvalue weighted by molar-refractivity contribution is 6.00. The number of nitrogens with two attached hydrogens (primary N) is 1. The van der Waals surface area contributed by atoms with Gasteiger partial charge in [0.1, 0.15) is 17.2 Å². The molecule has 1 atom stereocenters. The van der Waals surface area contributed by atoms with E-state index in [1.165, 1.54) is 7.11 Å². The average molecular weight is 408 g/mol. The van der Waals surface area contributed by atoms with Crippen LogP contribution in [-0.4, -0.2) is 47.2 Å². The third-order valence-corrected chi connectivity index (χ3v) is 3.80. The molecule has 2 N–H and O–H groups in total. The largest absolute Gasteiger partial charge is 0.468 e. The topological polar surface area (TPSA) is 118 Å². The Morgan fingerprint density at radius 1 is 0.897 bits per heavy atom. The van der Waals surface area contributed by atoms with Crippen LogP contribution < -0.4 is 5.73 Å². The molecule has 1 aromatic heterocycles. The van der Waals surface area contributed by atoms with Crippen molar-refractivity contribution in [3.8, 4) is 0 Å². The molecule has 8 heteroatoms. The number of hydrogen-bond donors (Lipinski definition) is 1. The number of nitrogens with zero attached hydrogens (tertiary/aromatic N) is 1. The molecule has 0 bridgehead atoms. The number of carbonyl (C=O) groups excluding carboxylic acids is 3. The van der Waals surface area contributed by atoms with Crippen LogP contribution in [0.4, 0.5) is 0 Å². The fourth-order valence-electron chi connectivity index (χ4n) is 2.78. The second-order valence-electron chi connectivity index (χ2n) is 8.85. The Balaban J connectivity index is 3.69. The van der Waals surface area contributed by atoms with Crippen LogP contribution in [0, 0.1) is 13.8 Å². The van der Waals surface area contributed by atoms with Gasteiger partial charge in [0.25, 0.3) is 0 Å². The highest BCUT2D eigenvalue weighted by atomic mass is 16.6. The van der Waals surface area contributed by atoms with Crippen molar-refractivity contribution in [3.05, 3.63) is 28.1 Å². The predicted molar refractivity (Wildman–Crippen MR) is 108 cm³/mol. The number of pyridine rings is 1. The third-order valence-electron chi connectivity index (χ3n) is 3.80. The van der Waals surface area contributed by atoms with Crippen molar-refractivity contribution in [1.82, 2.24) is 4.98 Å². The molecule has 29 heavy (non-hydrogen) atoms. The summed E-state index contributed by atoms with van der Waals surface area (Å²) >= 11 is 0. The van der Waals surface area contributed by atoms with E-state index in [1.54, 1.807) is 55.4 Å². The minimum Gasteiger partial charge on any atom is -0.468 e. The van der Waals surface area contributed by atoms with E-state index in [1.807, 2.05) is 0 Å². The van der Waals surface area contributed by atoms with E-state index < -0.39 is 35.2 Å². The van der Waals surface area contributed by atoms with Gasteiger partial charge in [-0.15, -0.1) is 0 Å². The average Bonchev–Trinajstić information content (AvgIpc) is 2.49. The van der Waals surface area contributed by atoms with Gasteiger partial charge in [-0.1, -0.05) is 0 Å². The zero-order chi connectivity index (χ0) is 22.7. The van der Waals surface area contributed by atoms with Crippen molar-refractivity contribution in [2.45, 2.75) is 79.1 Å². The van der Waals surface area contributed by atoms with Gasteiger partial charge in [0, 0.05) is 6.42 Å². The van der Waals surface area contributed by atoms with E-state index in [2.05, 4.69) is 4.98 Å². The first-order valence-electron chi connectivity index (χ1n) is 9.37. The van der Waals surface area contributed by atoms with Crippen molar-refractivity contribution in [2.75, 3.05) is 7.11 Å². The number of esters is 3. The molecular weight excluding hydrogens is 376 g/mol. The van der Waals surface area contributed by atoms with Crippen molar-refractivity contribution < 1.29 is 28.6 Å². The predicted octanol–water partition coefficient (Wildman–Crippen LogP) is 2.65. The van der Waals surface area contributed by atoms with Crippen molar-refractivity contribution in [1.29, 1.82) is 0 Å². The number of hydrogen-bond acceptors (Lipinski definition) is 8. The molecule has 8 nitrogen and oxygen atoms in total. The molecule has 0 fully saturated rings. The van der Waals surface area contributed by atoms with Gasteiger partial charge >= 0.3 is 17.9 Å². The monoisotopic (exact) mass is 408 g/mol. The van der Waals surface area contributed by atoms with Gasteiger partial charge < -0.3 is 19.9 Å². The summed E-state index contributed by atoms with van der Waals surface area (Å²) in [6.07, 6.45) is -0.111. The van der Waals surface area contributed by atoms with Gasteiger partial charge in [0.15, 0.2) is 0 Å². The summed E-state index contributed by atoms with van der Waals surface area (Å²) in [5, 5.41) is 0. The first kappa shape index (κ1) is 24.6. The van der Waals surface area contributed by atoms with Gasteiger partial charge in [-0.3, -0.25) is 9.78 Å². The van der Waals surface area contributed by atoms with Crippen LogP contribution >= 0.6 is 0 Å². The Bertz CT molecular complexity index is 751. The fraction of sp³-hybridized carbons (Fsp3) is 0.619. The molecular formula is C21H32N2O6. The molecule has 0 aliphatic rings. The van der Waals surface area contributed by atoms with Crippen LogP contribution in [0.1, 0.15) is 79.2 Å². The highest BCUT2D eigenvalue weighted by Crippen LogP contribution is 2.27. The molecule has 0 saturated heterocycles. The minimum atomic E-state index is -1.08. The van der Waals surface area contributed by atoms with Crippen LogP contribution in [0.3, 0.4) is 0 Å². The Morgan fingerprint density at radius 2 is 1.28 bits per heavy atom. The summed E-state index contributed by atoms with van der Waals surface area (Å²) in [6, 6.07) is -1.08. The quantitative estimate of drug-likeness (QED) is 0.583. The molecule has 1 rings (SSSR count). The molecule has 1 aromatic rings. The van der Waals surface area contributed by atoms with Crippen molar-refractivity contribution in [3.63, 3.8) is 0 Å². The lowest BCUT2D eigenvalue weighted by Crippen LogP contribution is -2.36. The zero-order valence-electron chi connectivity index (χ0n) is 18.8. The molecule has 0 aliphatic heterocycles. The second-order valence-corrected chi connectivity index (χ2v) is 8.85. The zero-order valence-corrected chi connectivity index (χ0v) is 18.8. The van der Waals surface area contributed by atoms with Gasteiger partial charge in [0.05, 0.1) is 29.6 Å². The molecule has 0 unspecified atom stereocenters. The summed E-state index contributed by atoms with van der Waals surface area (Å²) in [7, 11) is 1.22. The maximum atomic E-state index is 12.9. The van der Waals surface area contributed by atoms with Crippen molar-refractivity contribution >= 4 is 17.9 Å². The summed E-state index contributed by atoms with van der Waals surface area (Å²) in [5.74, 6) is -1.97.